The van der Waals surface area contributed by atoms with E-state index in [1.54, 1.807) is 0 Å². The number of aromatic nitrogens is 3. The van der Waals surface area contributed by atoms with Gasteiger partial charge in [-0.25, -0.2) is 0 Å². The molecule has 0 saturated carbocycles. The third-order valence-electron chi connectivity index (χ3n) is 16.5. The second-order valence-electron chi connectivity index (χ2n) is 21.0. The first-order valence-electron chi connectivity index (χ1n) is 27.4. The predicted molar refractivity (Wildman–Crippen MR) is 324 cm³/mol. The summed E-state index contributed by atoms with van der Waals surface area (Å²) in [6.45, 7) is 0.781. The lowest BCUT2D eigenvalue weighted by atomic mass is 9.99. The zero-order chi connectivity index (χ0) is 50.8. The Morgan fingerprint density at radius 3 is 1.12 bits per heavy atom. The largest absolute Gasteiger partial charge is 0.336 e. The second kappa shape index (κ2) is 18.8. The number of aryl methyl sites for hydroxylation is 3. The summed E-state index contributed by atoms with van der Waals surface area (Å²) in [6, 6.07) is 81.2. The highest BCUT2D eigenvalue weighted by Crippen LogP contribution is 2.42. The van der Waals surface area contributed by atoms with Crippen molar-refractivity contribution in [1.29, 1.82) is 0 Å². The van der Waals surface area contributed by atoms with Gasteiger partial charge in [0.05, 0.1) is 11.0 Å². The lowest BCUT2D eigenvalue weighted by Gasteiger charge is -2.26. The number of rotatable bonds is 10. The van der Waals surface area contributed by atoms with Gasteiger partial charge in [0.1, 0.15) is 0 Å². The molecular weight excluding hydrogens is 933 g/mol. The van der Waals surface area contributed by atoms with Gasteiger partial charge in [-0.1, -0.05) is 158 Å². The molecule has 4 nitrogen and oxygen atoms in total. The van der Waals surface area contributed by atoms with Crippen LogP contribution in [0.25, 0.3) is 95.7 Å². The smallest absolute Gasteiger partial charge is 0.0543 e. The van der Waals surface area contributed by atoms with Crippen LogP contribution in [0.2, 0.25) is 0 Å². The normalized spacial score (nSPS) is 13.6. The van der Waals surface area contributed by atoms with Crippen molar-refractivity contribution in [3.63, 3.8) is 0 Å². The molecule has 3 aliphatic carbocycles. The molecular formula is C73H56N4. The first-order chi connectivity index (χ1) is 38.2. The molecule has 0 N–H and O–H groups in total. The van der Waals surface area contributed by atoms with E-state index in [9.17, 15) is 0 Å². The van der Waals surface area contributed by atoms with Gasteiger partial charge in [-0.3, -0.25) is 0 Å². The zero-order valence-corrected chi connectivity index (χ0v) is 43.0. The molecule has 0 spiro atoms. The molecule has 0 bridgehead atoms. The molecule has 0 fully saturated rings. The minimum atomic E-state index is 0.781. The molecule has 0 aliphatic heterocycles. The first-order valence-corrected chi connectivity index (χ1v) is 27.4. The molecule has 0 unspecified atom stereocenters. The molecule has 3 heterocycles. The molecule has 4 heteroatoms. The maximum Gasteiger partial charge on any atom is 0.0543 e. The molecule has 3 aliphatic rings. The number of anilines is 3. The summed E-state index contributed by atoms with van der Waals surface area (Å²) in [5.74, 6) is 0. The molecule has 0 atom stereocenters. The Kier molecular flexibility index (Phi) is 11.0. The second-order valence-corrected chi connectivity index (χ2v) is 21.0. The van der Waals surface area contributed by atoms with Crippen molar-refractivity contribution in [2.45, 2.75) is 45.1 Å². The van der Waals surface area contributed by atoms with Crippen LogP contribution in [0.1, 0.15) is 58.6 Å². The summed E-state index contributed by atoms with van der Waals surface area (Å²) in [5.41, 5.74) is 26.3. The quantitative estimate of drug-likeness (QED) is 0.134. The topological polar surface area (TPSA) is 18.0 Å². The number of nitrogens with zero attached hydrogens (tertiary/aromatic N) is 4. The van der Waals surface area contributed by atoms with E-state index in [4.69, 9.17) is 0 Å². The molecule has 0 radical (unpaired) electrons. The fourth-order valence-electron chi connectivity index (χ4n) is 12.8. The van der Waals surface area contributed by atoms with E-state index in [1.807, 2.05) is 0 Å². The molecule has 3 aromatic heterocycles. The number of allylic oxidation sites excluding steroid dienone is 3. The Morgan fingerprint density at radius 2 is 0.688 bits per heavy atom. The van der Waals surface area contributed by atoms with Crippen molar-refractivity contribution in [3.8, 4) is 44.8 Å². The Labute approximate surface area is 450 Å². The summed E-state index contributed by atoms with van der Waals surface area (Å²) in [4.78, 5) is 2.42. The maximum absolute atomic E-state index is 2.54. The molecule has 0 amide bonds. The summed E-state index contributed by atoms with van der Waals surface area (Å²) in [6.07, 6.45) is 20.3. The molecule has 12 aromatic rings. The van der Waals surface area contributed by atoms with Gasteiger partial charge in [0.25, 0.3) is 0 Å². The van der Waals surface area contributed by atoms with Crippen molar-refractivity contribution < 1.29 is 0 Å². The molecule has 77 heavy (non-hydrogen) atoms. The maximum atomic E-state index is 2.54. The summed E-state index contributed by atoms with van der Waals surface area (Å²) in [7, 11) is 0. The highest BCUT2D eigenvalue weighted by Gasteiger charge is 2.24. The average Bonchev–Trinajstić information content (AvgIpc) is 4.15. The summed E-state index contributed by atoms with van der Waals surface area (Å²) >= 11 is 0. The molecule has 368 valence electrons. The van der Waals surface area contributed by atoms with Gasteiger partial charge in [0.2, 0.25) is 0 Å². The van der Waals surface area contributed by atoms with Crippen LogP contribution in [-0.2, 0) is 25.8 Å². The third-order valence-corrected chi connectivity index (χ3v) is 16.5. The lowest BCUT2D eigenvalue weighted by molar-refractivity contribution is 0.812. The van der Waals surface area contributed by atoms with Crippen molar-refractivity contribution >= 4 is 68.0 Å². The average molecular weight is 989 g/mol. The van der Waals surface area contributed by atoms with Crippen molar-refractivity contribution in [1.82, 2.24) is 13.7 Å². The highest BCUT2D eigenvalue weighted by atomic mass is 15.1. The minimum Gasteiger partial charge on any atom is -0.336 e. The predicted octanol–water partition coefficient (Wildman–Crippen LogP) is 18.9. The van der Waals surface area contributed by atoms with Gasteiger partial charge in [0, 0.05) is 73.7 Å². The van der Waals surface area contributed by atoms with Gasteiger partial charge in [0.15, 0.2) is 0 Å². The fourth-order valence-corrected chi connectivity index (χ4v) is 12.8. The van der Waals surface area contributed by atoms with E-state index in [-0.39, 0.29) is 0 Å². The van der Waals surface area contributed by atoms with Gasteiger partial charge >= 0.3 is 0 Å². The highest BCUT2D eigenvalue weighted by molar-refractivity contribution is 5.96. The van der Waals surface area contributed by atoms with E-state index in [2.05, 4.69) is 273 Å². The lowest BCUT2D eigenvalue weighted by Crippen LogP contribution is -2.11. The standard InChI is InChI=1S/C73H56N4/c1-4-16-51(17-5-1)54-30-43-65-62-22-10-13-25-68(62)74(71(65)46-54)49-50-28-33-57(34-29-50)75(58-35-39-60(40-36-58)76-69-26-14-11-23-63(69)66-44-31-55(47-72(66)76)52-18-6-2-7-19-52)59-37-41-61(42-38-59)77-70-27-15-12-24-64(70)67-45-32-56(48-73(67)77)53-20-8-3-9-21-53/h1-9,13-21,25-48H,10-12,22-24,49H2. The minimum absolute atomic E-state index is 0.781. The van der Waals surface area contributed by atoms with Crippen LogP contribution < -0.4 is 4.90 Å². The van der Waals surface area contributed by atoms with Crippen LogP contribution in [0.15, 0.2) is 237 Å². The van der Waals surface area contributed by atoms with Crippen molar-refractivity contribution in [2.24, 2.45) is 0 Å². The third kappa shape index (κ3) is 7.82. The Bertz CT molecular complexity index is 4110. The number of hydrogen-bond donors (Lipinski definition) is 0. The van der Waals surface area contributed by atoms with E-state index >= 15 is 0 Å². The fraction of sp³-hybridized carbons (Fsp3) is 0.0959. The van der Waals surface area contributed by atoms with E-state index in [0.29, 0.717) is 0 Å². The molecule has 9 aromatic carbocycles. The number of hydrogen-bond acceptors (Lipinski definition) is 1. The van der Waals surface area contributed by atoms with Crippen LogP contribution in [0.4, 0.5) is 17.1 Å². The van der Waals surface area contributed by atoms with E-state index < -0.39 is 0 Å². The van der Waals surface area contributed by atoms with Crippen LogP contribution in [0.3, 0.4) is 0 Å². The van der Waals surface area contributed by atoms with Crippen LogP contribution >= 0.6 is 0 Å². The van der Waals surface area contributed by atoms with Crippen LogP contribution in [0, 0.1) is 0 Å². The van der Waals surface area contributed by atoms with Gasteiger partial charge < -0.3 is 18.6 Å². The summed E-state index contributed by atoms with van der Waals surface area (Å²) < 4.78 is 7.50. The number of benzene rings is 9. The van der Waals surface area contributed by atoms with Crippen molar-refractivity contribution in [3.05, 3.63) is 276 Å². The van der Waals surface area contributed by atoms with Gasteiger partial charge in [-0.05, 0) is 191 Å². The monoisotopic (exact) mass is 988 g/mol. The zero-order valence-electron chi connectivity index (χ0n) is 43.0. The van der Waals surface area contributed by atoms with E-state index in [0.717, 1.165) is 73.5 Å². The van der Waals surface area contributed by atoms with Gasteiger partial charge in [-0.2, -0.15) is 0 Å². The molecule has 0 saturated heterocycles. The summed E-state index contributed by atoms with van der Waals surface area (Å²) in [5, 5.41) is 4.03. The van der Waals surface area contributed by atoms with Crippen LogP contribution in [-0.4, -0.2) is 13.7 Å². The number of fused-ring (bicyclic) bond motifs is 9. The van der Waals surface area contributed by atoms with E-state index in [1.165, 1.54) is 105 Å². The Balaban J connectivity index is 0.835. The SMILES string of the molecule is C1=Cc2c(c3ccc(-c4ccccc4)cc3n2Cc2ccc(N(c3ccc(-n4c5c(c6ccc(-c7ccccc7)cc64)CCC=C5)cc3)c3ccc(-n4c5c(c6ccc(-c7ccccc7)cc64)CCC=C5)cc3)cc2)CC1. The molecule has 15 rings (SSSR count). The Hall–Kier alpha value is -9.38. The Morgan fingerprint density at radius 1 is 0.325 bits per heavy atom. The van der Waals surface area contributed by atoms with Gasteiger partial charge in [-0.15, -0.1) is 0 Å². The van der Waals surface area contributed by atoms with Crippen LogP contribution in [0.5, 0.6) is 0 Å². The first kappa shape index (κ1) is 45.0. The van der Waals surface area contributed by atoms with Crippen molar-refractivity contribution in [2.75, 3.05) is 4.90 Å².